The fourth-order valence-electron chi connectivity index (χ4n) is 1.03. The van der Waals surface area contributed by atoms with Gasteiger partial charge in [0.15, 0.2) is 0 Å². The van der Waals surface area contributed by atoms with Gasteiger partial charge in [-0.1, -0.05) is 21.5 Å². The van der Waals surface area contributed by atoms with Crippen LogP contribution in [0.4, 0.5) is 0 Å². The minimum Gasteiger partial charge on any atom is -0.457 e. The number of carbonyl (C=O) groups is 1. The number of allylic oxidation sites excluding steroid dienone is 1. The first-order chi connectivity index (χ1) is 5.11. The highest BCUT2D eigenvalue weighted by atomic mass is 79.9. The van der Waals surface area contributed by atoms with Crippen LogP contribution in [-0.2, 0) is 9.53 Å². The first kappa shape index (κ1) is 8.78. The molecule has 1 aliphatic rings. The third-order valence-electron chi connectivity index (χ3n) is 1.64. The van der Waals surface area contributed by atoms with Crippen molar-refractivity contribution in [3.63, 3.8) is 0 Å². The lowest BCUT2D eigenvalue weighted by Gasteiger charge is -2.08. The molecule has 0 N–H and O–H groups in total. The molecule has 0 aromatic heterocycles. The highest BCUT2D eigenvalue weighted by Crippen LogP contribution is 2.27. The Hall–Kier alpha value is -0.310. The molecule has 0 saturated carbocycles. The van der Waals surface area contributed by atoms with E-state index in [1.165, 1.54) is 5.57 Å². The van der Waals surface area contributed by atoms with E-state index in [9.17, 15) is 4.79 Å². The van der Waals surface area contributed by atoms with E-state index in [-0.39, 0.29) is 12.1 Å². The molecule has 0 bridgehead atoms. The lowest BCUT2D eigenvalue weighted by atomic mass is 10.2. The second-order valence-electron chi connectivity index (χ2n) is 2.87. The monoisotopic (exact) mass is 218 g/mol. The minimum absolute atomic E-state index is 0.0208. The van der Waals surface area contributed by atoms with E-state index in [0.717, 1.165) is 10.9 Å². The van der Waals surface area contributed by atoms with Crippen LogP contribution in [0.2, 0.25) is 0 Å². The van der Waals surface area contributed by atoms with Gasteiger partial charge in [-0.25, -0.2) is 0 Å². The molecule has 1 atom stereocenters. The number of esters is 1. The zero-order valence-electron chi connectivity index (χ0n) is 6.69. The number of cyclic esters (lactones) is 1. The molecule has 0 radical (unpaired) electrons. The highest BCUT2D eigenvalue weighted by molar-refractivity contribution is 9.11. The first-order valence-corrected chi connectivity index (χ1v) is 4.43. The standard InChI is InChI=1S/C8H11BrO2/c1-5(2)8(9)6-3-4-7(10)11-6/h6H,3-4H2,1-2H3. The lowest BCUT2D eigenvalue weighted by molar-refractivity contribution is -0.140. The van der Waals surface area contributed by atoms with E-state index in [0.29, 0.717) is 6.42 Å². The third kappa shape index (κ3) is 2.06. The minimum atomic E-state index is -0.0896. The van der Waals surface area contributed by atoms with Crippen molar-refractivity contribution in [1.82, 2.24) is 0 Å². The molecule has 1 heterocycles. The Bertz CT molecular complexity index is 204. The van der Waals surface area contributed by atoms with Crippen LogP contribution >= 0.6 is 15.9 Å². The van der Waals surface area contributed by atoms with Gasteiger partial charge in [0.2, 0.25) is 0 Å². The van der Waals surface area contributed by atoms with Crippen LogP contribution in [0, 0.1) is 0 Å². The zero-order valence-corrected chi connectivity index (χ0v) is 8.27. The number of hydrogen-bond donors (Lipinski definition) is 0. The number of rotatable bonds is 1. The van der Waals surface area contributed by atoms with Crippen molar-refractivity contribution in [2.75, 3.05) is 0 Å². The summed E-state index contributed by atoms with van der Waals surface area (Å²) < 4.78 is 6.06. The SMILES string of the molecule is CC(C)=C(Br)C1CCC(=O)O1. The molecule has 62 valence electrons. The van der Waals surface area contributed by atoms with Crippen molar-refractivity contribution in [2.24, 2.45) is 0 Å². The number of carbonyl (C=O) groups excluding carboxylic acids is 1. The molecule has 1 unspecified atom stereocenters. The maximum absolute atomic E-state index is 10.7. The zero-order chi connectivity index (χ0) is 8.43. The van der Waals surface area contributed by atoms with E-state index < -0.39 is 0 Å². The van der Waals surface area contributed by atoms with Crippen LogP contribution in [0.1, 0.15) is 26.7 Å². The number of hydrogen-bond acceptors (Lipinski definition) is 2. The van der Waals surface area contributed by atoms with Crippen molar-refractivity contribution in [1.29, 1.82) is 0 Å². The maximum atomic E-state index is 10.7. The molecule has 11 heavy (non-hydrogen) atoms. The quantitative estimate of drug-likeness (QED) is 0.633. The van der Waals surface area contributed by atoms with Crippen LogP contribution in [0.5, 0.6) is 0 Å². The topological polar surface area (TPSA) is 26.3 Å². The predicted molar refractivity (Wildman–Crippen MR) is 46.4 cm³/mol. The van der Waals surface area contributed by atoms with Gasteiger partial charge in [0.1, 0.15) is 6.10 Å². The van der Waals surface area contributed by atoms with Crippen LogP contribution in [-0.4, -0.2) is 12.1 Å². The van der Waals surface area contributed by atoms with Crippen LogP contribution < -0.4 is 0 Å². The third-order valence-corrected chi connectivity index (χ3v) is 2.95. The summed E-state index contributed by atoms with van der Waals surface area (Å²) in [4.78, 5) is 10.7. The van der Waals surface area contributed by atoms with Crippen molar-refractivity contribution >= 4 is 21.9 Å². The van der Waals surface area contributed by atoms with E-state index in [1.54, 1.807) is 0 Å². The normalized spacial score (nSPS) is 23.2. The smallest absolute Gasteiger partial charge is 0.306 e. The van der Waals surface area contributed by atoms with E-state index in [4.69, 9.17) is 4.74 Å². The van der Waals surface area contributed by atoms with E-state index >= 15 is 0 Å². The van der Waals surface area contributed by atoms with Crippen molar-refractivity contribution in [2.45, 2.75) is 32.8 Å². The van der Waals surface area contributed by atoms with Crippen molar-refractivity contribution < 1.29 is 9.53 Å². The van der Waals surface area contributed by atoms with Crippen LogP contribution in [0.3, 0.4) is 0 Å². The Morgan fingerprint density at radius 2 is 2.27 bits per heavy atom. The fraction of sp³-hybridized carbons (Fsp3) is 0.625. The molecule has 2 nitrogen and oxygen atoms in total. The molecule has 0 amide bonds. The van der Waals surface area contributed by atoms with Crippen molar-refractivity contribution in [3.8, 4) is 0 Å². The van der Waals surface area contributed by atoms with Gasteiger partial charge >= 0.3 is 5.97 Å². The summed E-state index contributed by atoms with van der Waals surface area (Å²) in [6, 6.07) is 0. The summed E-state index contributed by atoms with van der Waals surface area (Å²) >= 11 is 3.40. The largest absolute Gasteiger partial charge is 0.457 e. The summed E-state index contributed by atoms with van der Waals surface area (Å²) in [5.41, 5.74) is 1.17. The summed E-state index contributed by atoms with van der Waals surface area (Å²) in [5.74, 6) is -0.0896. The van der Waals surface area contributed by atoms with Gasteiger partial charge in [-0.15, -0.1) is 0 Å². The molecule has 0 aliphatic carbocycles. The Kier molecular flexibility index (Phi) is 2.71. The highest BCUT2D eigenvalue weighted by Gasteiger charge is 2.25. The molecule has 1 aliphatic heterocycles. The van der Waals surface area contributed by atoms with Gasteiger partial charge in [0.25, 0.3) is 0 Å². The molecular weight excluding hydrogens is 208 g/mol. The first-order valence-electron chi connectivity index (χ1n) is 3.63. The molecule has 3 heteroatoms. The van der Waals surface area contributed by atoms with Crippen LogP contribution in [0.15, 0.2) is 10.1 Å². The lowest BCUT2D eigenvalue weighted by Crippen LogP contribution is -2.07. The molecular formula is C8H11BrO2. The molecule has 0 aromatic rings. The molecule has 0 aromatic carbocycles. The van der Waals surface area contributed by atoms with Gasteiger partial charge < -0.3 is 4.74 Å². The average Bonchev–Trinajstić information content (AvgIpc) is 2.34. The van der Waals surface area contributed by atoms with Crippen molar-refractivity contribution in [3.05, 3.63) is 10.1 Å². The predicted octanol–water partition coefficient (Wildman–Crippen LogP) is 2.38. The van der Waals surface area contributed by atoms with E-state index in [2.05, 4.69) is 15.9 Å². The summed E-state index contributed by atoms with van der Waals surface area (Å²) in [6.45, 7) is 3.99. The summed E-state index contributed by atoms with van der Waals surface area (Å²) in [5, 5.41) is 0. The Balaban J connectivity index is 2.64. The van der Waals surface area contributed by atoms with Gasteiger partial charge in [-0.3, -0.25) is 4.79 Å². The Morgan fingerprint density at radius 3 is 2.64 bits per heavy atom. The Labute approximate surface area is 74.7 Å². The second-order valence-corrected chi connectivity index (χ2v) is 3.72. The van der Waals surface area contributed by atoms with E-state index in [1.807, 2.05) is 13.8 Å². The average molecular weight is 219 g/mol. The number of ether oxygens (including phenoxy) is 1. The van der Waals surface area contributed by atoms with Gasteiger partial charge in [0, 0.05) is 10.9 Å². The molecule has 0 spiro atoms. The molecule has 1 fully saturated rings. The second kappa shape index (κ2) is 3.39. The molecule has 1 rings (SSSR count). The maximum Gasteiger partial charge on any atom is 0.306 e. The number of halogens is 1. The van der Waals surface area contributed by atoms with Crippen LogP contribution in [0.25, 0.3) is 0 Å². The fourth-order valence-corrected chi connectivity index (χ4v) is 1.35. The van der Waals surface area contributed by atoms with Gasteiger partial charge in [-0.05, 0) is 20.3 Å². The summed E-state index contributed by atoms with van der Waals surface area (Å²) in [6.07, 6.45) is 1.34. The molecule has 1 saturated heterocycles. The van der Waals surface area contributed by atoms with Gasteiger partial charge in [0.05, 0.1) is 0 Å². The summed E-state index contributed by atoms with van der Waals surface area (Å²) in [7, 11) is 0. The Morgan fingerprint density at radius 1 is 1.64 bits per heavy atom. The van der Waals surface area contributed by atoms with Gasteiger partial charge in [-0.2, -0.15) is 0 Å².